The van der Waals surface area contributed by atoms with Gasteiger partial charge < -0.3 is 19.7 Å². The molecule has 0 spiro atoms. The smallest absolute Gasteiger partial charge is 0.238 e. The number of phenols is 2. The van der Waals surface area contributed by atoms with Crippen molar-refractivity contribution in [2.24, 2.45) is 0 Å². The summed E-state index contributed by atoms with van der Waals surface area (Å²) in [5.41, 5.74) is 0.354. The summed E-state index contributed by atoms with van der Waals surface area (Å²) in [5, 5.41) is 30.1. The van der Waals surface area contributed by atoms with E-state index in [0.717, 1.165) is 0 Å². The van der Waals surface area contributed by atoms with Crippen LogP contribution in [-0.4, -0.2) is 15.3 Å². The van der Waals surface area contributed by atoms with E-state index in [-0.39, 0.29) is 33.8 Å². The second-order valence-corrected chi connectivity index (χ2v) is 5.13. The van der Waals surface area contributed by atoms with Crippen LogP contribution in [0.1, 0.15) is 11.1 Å². The Kier molecular flexibility index (Phi) is 3.06. The molecule has 0 aliphatic rings. The molecular weight excluding hydrogens is 284 g/mol. The highest BCUT2D eigenvalue weighted by Gasteiger charge is 2.22. The molecule has 0 saturated carbocycles. The number of benzene rings is 2. The highest BCUT2D eigenvalue weighted by Crippen LogP contribution is 2.40. The van der Waals surface area contributed by atoms with E-state index >= 15 is 0 Å². The van der Waals surface area contributed by atoms with Gasteiger partial charge in [0, 0.05) is 16.7 Å². The summed E-state index contributed by atoms with van der Waals surface area (Å²) in [6, 6.07) is 8.66. The van der Waals surface area contributed by atoms with Gasteiger partial charge in [-0.05, 0) is 13.8 Å². The Morgan fingerprint density at radius 2 is 1.50 bits per heavy atom. The van der Waals surface area contributed by atoms with Crippen molar-refractivity contribution in [2.45, 2.75) is 13.8 Å². The molecule has 1 heterocycles. The third-order valence-electron chi connectivity index (χ3n) is 3.77. The molecule has 0 unspecified atom stereocenters. The maximum absolute atomic E-state index is 12.4. The Morgan fingerprint density at radius 1 is 0.864 bits per heavy atom. The van der Waals surface area contributed by atoms with Crippen LogP contribution in [0.5, 0.6) is 17.2 Å². The molecule has 1 aromatic heterocycles. The Hall–Kier alpha value is -2.95. The minimum Gasteiger partial charge on any atom is -0.507 e. The van der Waals surface area contributed by atoms with Gasteiger partial charge in [0.1, 0.15) is 22.5 Å². The lowest BCUT2D eigenvalue weighted by atomic mass is 10.0. The summed E-state index contributed by atoms with van der Waals surface area (Å²) in [5.74, 6) is -1.10. The zero-order valence-electron chi connectivity index (χ0n) is 12.0. The standard InChI is InChI=1S/C17H14O5/c1-8-12(18)9(2)16-11(13(8)19)14(20)15(21)17(22-16)10-6-4-3-5-7-10/h3-7,18-19,21H,1-2H3. The zero-order chi connectivity index (χ0) is 16.0. The number of rotatable bonds is 1. The van der Waals surface area contributed by atoms with E-state index in [2.05, 4.69) is 0 Å². The molecule has 0 amide bonds. The average Bonchev–Trinajstić information content (AvgIpc) is 2.54. The maximum atomic E-state index is 12.4. The molecule has 0 saturated heterocycles. The van der Waals surface area contributed by atoms with Gasteiger partial charge in [-0.3, -0.25) is 4.79 Å². The van der Waals surface area contributed by atoms with Crippen molar-refractivity contribution < 1.29 is 19.7 Å². The molecular formula is C17H14O5. The predicted molar refractivity (Wildman–Crippen MR) is 82.4 cm³/mol. The summed E-state index contributed by atoms with van der Waals surface area (Å²) >= 11 is 0. The molecule has 5 nitrogen and oxygen atoms in total. The Balaban J connectivity index is 2.51. The van der Waals surface area contributed by atoms with Gasteiger partial charge >= 0.3 is 0 Å². The van der Waals surface area contributed by atoms with Crippen molar-refractivity contribution in [1.29, 1.82) is 0 Å². The number of aromatic hydroxyl groups is 3. The summed E-state index contributed by atoms with van der Waals surface area (Å²) in [6.07, 6.45) is 0. The van der Waals surface area contributed by atoms with Crippen molar-refractivity contribution in [2.75, 3.05) is 0 Å². The second kappa shape index (κ2) is 4.80. The largest absolute Gasteiger partial charge is 0.507 e. The topological polar surface area (TPSA) is 90.9 Å². The Labute approximate surface area is 125 Å². The van der Waals surface area contributed by atoms with Gasteiger partial charge in [0.05, 0.1) is 0 Å². The first-order valence-corrected chi connectivity index (χ1v) is 6.69. The van der Waals surface area contributed by atoms with Crippen molar-refractivity contribution in [1.82, 2.24) is 0 Å². The monoisotopic (exact) mass is 298 g/mol. The first-order chi connectivity index (χ1) is 10.4. The van der Waals surface area contributed by atoms with Gasteiger partial charge in [-0.25, -0.2) is 0 Å². The third kappa shape index (κ3) is 1.83. The van der Waals surface area contributed by atoms with Crippen LogP contribution in [0.2, 0.25) is 0 Å². The highest BCUT2D eigenvalue weighted by atomic mass is 16.4. The van der Waals surface area contributed by atoms with Crippen LogP contribution in [-0.2, 0) is 0 Å². The molecule has 0 atom stereocenters. The van der Waals surface area contributed by atoms with E-state index in [1.807, 2.05) is 0 Å². The molecule has 0 radical (unpaired) electrons. The van der Waals surface area contributed by atoms with Crippen LogP contribution >= 0.6 is 0 Å². The number of phenolic OH excluding ortho intramolecular Hbond substituents is 2. The predicted octanol–water partition coefficient (Wildman–Crippen LogP) is 3.19. The van der Waals surface area contributed by atoms with Gasteiger partial charge in [0.15, 0.2) is 5.76 Å². The molecule has 22 heavy (non-hydrogen) atoms. The molecule has 0 bridgehead atoms. The summed E-state index contributed by atoms with van der Waals surface area (Å²) < 4.78 is 5.64. The summed E-state index contributed by atoms with van der Waals surface area (Å²) in [6.45, 7) is 3.07. The minimum atomic E-state index is -0.733. The summed E-state index contributed by atoms with van der Waals surface area (Å²) in [4.78, 5) is 12.4. The molecule has 3 rings (SSSR count). The fraction of sp³-hybridized carbons (Fsp3) is 0.118. The van der Waals surface area contributed by atoms with Crippen LogP contribution < -0.4 is 5.43 Å². The number of aryl methyl sites for hydroxylation is 1. The quantitative estimate of drug-likeness (QED) is 0.642. The lowest BCUT2D eigenvalue weighted by Gasteiger charge is -2.12. The second-order valence-electron chi connectivity index (χ2n) is 5.13. The Bertz CT molecular complexity index is 939. The van der Waals surface area contributed by atoms with E-state index in [4.69, 9.17) is 4.42 Å². The van der Waals surface area contributed by atoms with Crippen molar-refractivity contribution >= 4 is 11.0 Å². The molecule has 2 aromatic carbocycles. The van der Waals surface area contributed by atoms with Crippen LogP contribution in [0.25, 0.3) is 22.3 Å². The normalized spacial score (nSPS) is 11.0. The van der Waals surface area contributed by atoms with E-state index in [9.17, 15) is 20.1 Å². The number of hydrogen-bond acceptors (Lipinski definition) is 5. The van der Waals surface area contributed by atoms with Crippen molar-refractivity contribution in [3.05, 3.63) is 51.7 Å². The number of fused-ring (bicyclic) bond motifs is 1. The lowest BCUT2D eigenvalue weighted by Crippen LogP contribution is -2.05. The summed E-state index contributed by atoms with van der Waals surface area (Å²) in [7, 11) is 0. The lowest BCUT2D eigenvalue weighted by molar-refractivity contribution is 0.432. The fourth-order valence-corrected chi connectivity index (χ4v) is 2.48. The van der Waals surface area contributed by atoms with Crippen LogP contribution in [0.4, 0.5) is 0 Å². The molecule has 0 aliphatic heterocycles. The molecule has 5 heteroatoms. The molecule has 0 aliphatic carbocycles. The highest BCUT2D eigenvalue weighted by molar-refractivity contribution is 5.92. The van der Waals surface area contributed by atoms with E-state index < -0.39 is 11.2 Å². The molecule has 3 N–H and O–H groups in total. The van der Waals surface area contributed by atoms with Crippen LogP contribution in [0.15, 0.2) is 39.5 Å². The van der Waals surface area contributed by atoms with Gasteiger partial charge in [-0.1, -0.05) is 30.3 Å². The van der Waals surface area contributed by atoms with Gasteiger partial charge in [-0.2, -0.15) is 0 Å². The van der Waals surface area contributed by atoms with Crippen molar-refractivity contribution in [3.8, 4) is 28.6 Å². The van der Waals surface area contributed by atoms with Gasteiger partial charge in [-0.15, -0.1) is 0 Å². The molecule has 112 valence electrons. The van der Waals surface area contributed by atoms with Gasteiger partial charge in [0.2, 0.25) is 11.2 Å². The fourth-order valence-electron chi connectivity index (χ4n) is 2.48. The van der Waals surface area contributed by atoms with Crippen LogP contribution in [0.3, 0.4) is 0 Å². The van der Waals surface area contributed by atoms with E-state index in [1.165, 1.54) is 6.92 Å². The van der Waals surface area contributed by atoms with E-state index in [1.54, 1.807) is 37.3 Å². The molecule has 3 aromatic rings. The van der Waals surface area contributed by atoms with E-state index in [0.29, 0.717) is 11.1 Å². The maximum Gasteiger partial charge on any atom is 0.238 e. The SMILES string of the molecule is Cc1c(O)c(C)c2oc(-c3ccccc3)c(O)c(=O)c2c1O. The third-order valence-corrected chi connectivity index (χ3v) is 3.77. The van der Waals surface area contributed by atoms with Crippen molar-refractivity contribution in [3.63, 3.8) is 0 Å². The zero-order valence-corrected chi connectivity index (χ0v) is 12.0. The first kappa shape index (κ1) is 14.0. The number of hydrogen-bond donors (Lipinski definition) is 3. The van der Waals surface area contributed by atoms with Crippen LogP contribution in [0, 0.1) is 13.8 Å². The average molecular weight is 298 g/mol. The first-order valence-electron chi connectivity index (χ1n) is 6.69. The molecule has 0 fully saturated rings. The Morgan fingerprint density at radius 3 is 2.14 bits per heavy atom. The van der Waals surface area contributed by atoms with Gasteiger partial charge in [0.25, 0.3) is 0 Å². The minimum absolute atomic E-state index is 0.00357.